The van der Waals surface area contributed by atoms with Gasteiger partial charge in [0.2, 0.25) is 5.91 Å². The van der Waals surface area contributed by atoms with Crippen LogP contribution in [-0.2, 0) is 4.79 Å². The van der Waals surface area contributed by atoms with Gasteiger partial charge in [0.25, 0.3) is 5.91 Å². The standard InChI is InChI=1S/C18H26ClN3O2/c1-2-11-22-12-8-14(9-13-22)21-17(23)7-10-20-18(24)15-5-3-4-6-16(15)19/h3-6,14H,2,7-13H2,1H3,(H,20,24)(H,21,23). The Kier molecular flexibility index (Phi) is 7.53. The molecule has 2 rings (SSSR count). The van der Waals surface area contributed by atoms with Crippen LogP contribution in [0.3, 0.4) is 0 Å². The molecule has 1 fully saturated rings. The van der Waals surface area contributed by atoms with Crippen LogP contribution in [-0.4, -0.2) is 48.9 Å². The molecule has 24 heavy (non-hydrogen) atoms. The van der Waals surface area contributed by atoms with Crippen LogP contribution in [0.2, 0.25) is 5.02 Å². The number of hydrogen-bond donors (Lipinski definition) is 2. The number of rotatable bonds is 7. The maximum Gasteiger partial charge on any atom is 0.252 e. The minimum absolute atomic E-state index is 0.0107. The number of nitrogens with one attached hydrogen (secondary N) is 2. The van der Waals surface area contributed by atoms with Crippen molar-refractivity contribution in [2.24, 2.45) is 0 Å². The Morgan fingerprint density at radius 1 is 1.25 bits per heavy atom. The Balaban J connectivity index is 1.65. The Hall–Kier alpha value is -1.59. The quantitative estimate of drug-likeness (QED) is 0.793. The summed E-state index contributed by atoms with van der Waals surface area (Å²) in [4.78, 5) is 26.4. The molecule has 0 aliphatic carbocycles. The first kappa shape index (κ1) is 18.7. The van der Waals surface area contributed by atoms with Gasteiger partial charge in [-0.1, -0.05) is 30.7 Å². The smallest absolute Gasteiger partial charge is 0.252 e. The lowest BCUT2D eigenvalue weighted by Gasteiger charge is -2.32. The van der Waals surface area contributed by atoms with Crippen LogP contribution >= 0.6 is 11.6 Å². The highest BCUT2D eigenvalue weighted by atomic mass is 35.5. The Morgan fingerprint density at radius 3 is 2.62 bits per heavy atom. The molecule has 0 atom stereocenters. The van der Waals surface area contributed by atoms with E-state index in [9.17, 15) is 9.59 Å². The summed E-state index contributed by atoms with van der Waals surface area (Å²) < 4.78 is 0. The molecule has 1 aromatic carbocycles. The average Bonchev–Trinajstić information content (AvgIpc) is 2.57. The van der Waals surface area contributed by atoms with Crippen LogP contribution in [0, 0.1) is 0 Å². The molecule has 0 radical (unpaired) electrons. The van der Waals surface area contributed by atoms with Crippen molar-refractivity contribution in [3.8, 4) is 0 Å². The fourth-order valence-electron chi connectivity index (χ4n) is 2.95. The predicted octanol–water partition coefficient (Wildman–Crippen LogP) is 2.45. The number of halogens is 1. The van der Waals surface area contributed by atoms with E-state index in [1.807, 2.05) is 0 Å². The number of carbonyl (C=O) groups excluding carboxylic acids is 2. The van der Waals surface area contributed by atoms with Crippen molar-refractivity contribution in [2.45, 2.75) is 38.6 Å². The number of likely N-dealkylation sites (tertiary alicyclic amines) is 1. The predicted molar refractivity (Wildman–Crippen MR) is 96.3 cm³/mol. The van der Waals surface area contributed by atoms with Gasteiger partial charge in [-0.3, -0.25) is 9.59 Å². The van der Waals surface area contributed by atoms with Gasteiger partial charge in [0, 0.05) is 32.1 Å². The van der Waals surface area contributed by atoms with Gasteiger partial charge in [0.05, 0.1) is 10.6 Å². The Morgan fingerprint density at radius 2 is 1.96 bits per heavy atom. The first-order chi connectivity index (χ1) is 11.6. The fourth-order valence-corrected chi connectivity index (χ4v) is 3.17. The third-order valence-electron chi connectivity index (χ3n) is 4.25. The Labute approximate surface area is 148 Å². The van der Waals surface area contributed by atoms with E-state index in [0.29, 0.717) is 17.1 Å². The largest absolute Gasteiger partial charge is 0.353 e. The van der Waals surface area contributed by atoms with Crippen LogP contribution in [0.25, 0.3) is 0 Å². The molecular weight excluding hydrogens is 326 g/mol. The number of carbonyl (C=O) groups is 2. The van der Waals surface area contributed by atoms with E-state index in [-0.39, 0.29) is 24.3 Å². The summed E-state index contributed by atoms with van der Waals surface area (Å²) >= 11 is 5.98. The van der Waals surface area contributed by atoms with Crippen LogP contribution in [0.15, 0.2) is 24.3 Å². The second-order valence-corrected chi connectivity index (χ2v) is 6.58. The second-order valence-electron chi connectivity index (χ2n) is 6.17. The lowest BCUT2D eigenvalue weighted by Crippen LogP contribution is -2.45. The molecule has 132 valence electrons. The maximum absolute atomic E-state index is 12.0. The van der Waals surface area contributed by atoms with E-state index in [0.717, 1.165) is 32.5 Å². The van der Waals surface area contributed by atoms with E-state index in [1.54, 1.807) is 24.3 Å². The van der Waals surface area contributed by atoms with E-state index >= 15 is 0 Å². The van der Waals surface area contributed by atoms with E-state index in [1.165, 1.54) is 6.42 Å². The highest BCUT2D eigenvalue weighted by Gasteiger charge is 2.20. The zero-order valence-electron chi connectivity index (χ0n) is 14.2. The molecule has 0 spiro atoms. The molecule has 6 heteroatoms. The summed E-state index contributed by atoms with van der Waals surface area (Å²) in [5.41, 5.74) is 0.433. The van der Waals surface area contributed by atoms with Crippen LogP contribution in [0.1, 0.15) is 43.0 Å². The van der Waals surface area contributed by atoms with Gasteiger partial charge >= 0.3 is 0 Å². The normalized spacial score (nSPS) is 15.9. The first-order valence-electron chi connectivity index (χ1n) is 8.64. The van der Waals surface area contributed by atoms with E-state index < -0.39 is 0 Å². The summed E-state index contributed by atoms with van der Waals surface area (Å²) in [6.45, 7) is 5.72. The van der Waals surface area contributed by atoms with Gasteiger partial charge in [-0.25, -0.2) is 0 Å². The van der Waals surface area contributed by atoms with Crippen molar-refractivity contribution in [1.29, 1.82) is 0 Å². The summed E-state index contributed by atoms with van der Waals surface area (Å²) in [5, 5.41) is 6.22. The zero-order chi connectivity index (χ0) is 17.4. The number of amides is 2. The molecule has 1 heterocycles. The molecule has 0 bridgehead atoms. The zero-order valence-corrected chi connectivity index (χ0v) is 14.9. The van der Waals surface area contributed by atoms with Crippen molar-refractivity contribution >= 4 is 23.4 Å². The number of hydrogen-bond acceptors (Lipinski definition) is 3. The summed E-state index contributed by atoms with van der Waals surface area (Å²) in [6.07, 6.45) is 3.45. The van der Waals surface area contributed by atoms with E-state index in [4.69, 9.17) is 11.6 Å². The fraction of sp³-hybridized carbons (Fsp3) is 0.556. The number of benzene rings is 1. The first-order valence-corrected chi connectivity index (χ1v) is 9.02. The second kappa shape index (κ2) is 9.64. The molecule has 0 unspecified atom stereocenters. The summed E-state index contributed by atoms with van der Waals surface area (Å²) in [7, 11) is 0. The molecule has 1 aliphatic heterocycles. The molecule has 5 nitrogen and oxygen atoms in total. The van der Waals surface area contributed by atoms with Crippen LogP contribution in [0.5, 0.6) is 0 Å². The summed E-state index contributed by atoms with van der Waals surface area (Å²) in [5.74, 6) is -0.260. The minimum atomic E-state index is -0.249. The maximum atomic E-state index is 12.0. The van der Waals surface area contributed by atoms with Gasteiger partial charge < -0.3 is 15.5 Å². The Bertz CT molecular complexity index is 557. The highest BCUT2D eigenvalue weighted by molar-refractivity contribution is 6.33. The average molecular weight is 352 g/mol. The van der Waals surface area contributed by atoms with Gasteiger partial charge in [0.1, 0.15) is 0 Å². The van der Waals surface area contributed by atoms with Gasteiger partial charge in [-0.05, 0) is 37.9 Å². The third-order valence-corrected chi connectivity index (χ3v) is 4.58. The molecule has 0 saturated carbocycles. The van der Waals surface area contributed by atoms with Crippen molar-refractivity contribution in [1.82, 2.24) is 15.5 Å². The monoisotopic (exact) mass is 351 g/mol. The van der Waals surface area contributed by atoms with Gasteiger partial charge in [-0.15, -0.1) is 0 Å². The lowest BCUT2D eigenvalue weighted by molar-refractivity contribution is -0.121. The molecule has 1 aliphatic rings. The number of nitrogens with zero attached hydrogens (tertiary/aromatic N) is 1. The number of piperidine rings is 1. The van der Waals surface area contributed by atoms with Crippen molar-refractivity contribution in [3.05, 3.63) is 34.9 Å². The van der Waals surface area contributed by atoms with Crippen molar-refractivity contribution in [2.75, 3.05) is 26.2 Å². The topological polar surface area (TPSA) is 61.4 Å². The van der Waals surface area contributed by atoms with Gasteiger partial charge in [0.15, 0.2) is 0 Å². The molecule has 1 saturated heterocycles. The lowest BCUT2D eigenvalue weighted by atomic mass is 10.0. The molecule has 2 N–H and O–H groups in total. The SMILES string of the molecule is CCCN1CCC(NC(=O)CCNC(=O)c2ccccc2Cl)CC1. The molecule has 1 aromatic rings. The third kappa shape index (κ3) is 5.80. The minimum Gasteiger partial charge on any atom is -0.353 e. The highest BCUT2D eigenvalue weighted by Crippen LogP contribution is 2.14. The molecular formula is C18H26ClN3O2. The van der Waals surface area contributed by atoms with Crippen molar-refractivity contribution < 1.29 is 9.59 Å². The van der Waals surface area contributed by atoms with Gasteiger partial charge in [-0.2, -0.15) is 0 Å². The van der Waals surface area contributed by atoms with Crippen LogP contribution < -0.4 is 10.6 Å². The molecule has 2 amide bonds. The summed E-state index contributed by atoms with van der Waals surface area (Å²) in [6, 6.07) is 7.14. The molecule has 0 aromatic heterocycles. The van der Waals surface area contributed by atoms with E-state index in [2.05, 4.69) is 22.5 Å². The van der Waals surface area contributed by atoms with Crippen LogP contribution in [0.4, 0.5) is 0 Å². The van der Waals surface area contributed by atoms with Crippen molar-refractivity contribution in [3.63, 3.8) is 0 Å².